The Kier molecular flexibility index (Phi) is 3.14. The van der Waals surface area contributed by atoms with Gasteiger partial charge in [-0.2, -0.15) is 11.3 Å². The van der Waals surface area contributed by atoms with Gasteiger partial charge in [0.05, 0.1) is 6.04 Å². The van der Waals surface area contributed by atoms with Crippen LogP contribution in [0.2, 0.25) is 0 Å². The second kappa shape index (κ2) is 4.68. The van der Waals surface area contributed by atoms with Gasteiger partial charge in [0, 0.05) is 17.6 Å². The Balaban J connectivity index is 2.09. The van der Waals surface area contributed by atoms with Gasteiger partial charge in [-0.25, -0.2) is 0 Å². The Morgan fingerprint density at radius 3 is 2.63 bits per heavy atom. The van der Waals surface area contributed by atoms with Crippen LogP contribution >= 0.6 is 11.3 Å². The maximum absolute atomic E-state index is 2.58. The molecule has 0 bridgehead atoms. The summed E-state index contributed by atoms with van der Waals surface area (Å²) in [7, 11) is 0. The van der Waals surface area contributed by atoms with Crippen molar-refractivity contribution in [2.75, 3.05) is 11.4 Å². The fraction of sp³-hybridized carbons (Fsp3) is 0.412. The zero-order valence-corrected chi connectivity index (χ0v) is 12.7. The van der Waals surface area contributed by atoms with Gasteiger partial charge in [-0.3, -0.25) is 0 Å². The molecule has 1 aliphatic heterocycles. The molecule has 0 N–H and O–H groups in total. The minimum absolute atomic E-state index is 0.235. The molecule has 1 nitrogen and oxygen atoms in total. The van der Waals surface area contributed by atoms with Crippen LogP contribution in [-0.4, -0.2) is 6.54 Å². The summed E-state index contributed by atoms with van der Waals surface area (Å²) in [4.78, 5) is 2.58. The first-order valence-electron chi connectivity index (χ1n) is 6.94. The van der Waals surface area contributed by atoms with E-state index in [0.29, 0.717) is 6.04 Å². The molecule has 1 unspecified atom stereocenters. The van der Waals surface area contributed by atoms with Crippen LogP contribution < -0.4 is 4.90 Å². The zero-order chi connectivity index (χ0) is 13.5. The summed E-state index contributed by atoms with van der Waals surface area (Å²) in [5.41, 5.74) is 4.64. The number of hydrogen-bond acceptors (Lipinski definition) is 2. The van der Waals surface area contributed by atoms with Gasteiger partial charge in [0.25, 0.3) is 0 Å². The summed E-state index contributed by atoms with van der Waals surface area (Å²) in [6, 6.07) is 11.7. The molecular formula is C17H21NS. The average molecular weight is 271 g/mol. The minimum atomic E-state index is 0.235. The smallest absolute Gasteiger partial charge is 0.0593 e. The molecular weight excluding hydrogens is 250 g/mol. The monoisotopic (exact) mass is 271 g/mol. The van der Waals surface area contributed by atoms with Gasteiger partial charge in [0.1, 0.15) is 0 Å². The summed E-state index contributed by atoms with van der Waals surface area (Å²) >= 11 is 1.79. The van der Waals surface area contributed by atoms with Gasteiger partial charge in [0.2, 0.25) is 0 Å². The van der Waals surface area contributed by atoms with E-state index in [-0.39, 0.29) is 5.41 Å². The molecule has 0 spiro atoms. The highest BCUT2D eigenvalue weighted by Crippen LogP contribution is 2.44. The first kappa shape index (κ1) is 12.7. The molecule has 1 atom stereocenters. The molecule has 0 aliphatic carbocycles. The van der Waals surface area contributed by atoms with Gasteiger partial charge < -0.3 is 4.90 Å². The average Bonchev–Trinajstić information content (AvgIpc) is 2.90. The van der Waals surface area contributed by atoms with E-state index in [1.807, 2.05) is 0 Å². The van der Waals surface area contributed by atoms with Crippen molar-refractivity contribution in [1.29, 1.82) is 0 Å². The predicted octanol–water partition coefficient (Wildman–Crippen LogP) is 4.90. The lowest BCUT2D eigenvalue weighted by molar-refractivity contribution is 0.299. The van der Waals surface area contributed by atoms with Gasteiger partial charge in [0.15, 0.2) is 0 Å². The fourth-order valence-corrected chi connectivity index (χ4v) is 3.85. The van der Waals surface area contributed by atoms with Crippen LogP contribution in [0.5, 0.6) is 0 Å². The number of thiophene rings is 1. The van der Waals surface area contributed by atoms with E-state index in [4.69, 9.17) is 0 Å². The third-order valence-electron chi connectivity index (χ3n) is 3.94. The van der Waals surface area contributed by atoms with Crippen molar-refractivity contribution < 1.29 is 0 Å². The maximum atomic E-state index is 2.58. The highest BCUT2D eigenvalue weighted by Gasteiger charge is 2.36. The molecule has 0 fully saturated rings. The maximum Gasteiger partial charge on any atom is 0.0593 e. The van der Waals surface area contributed by atoms with Crippen LogP contribution in [0.3, 0.4) is 0 Å². The van der Waals surface area contributed by atoms with Crippen molar-refractivity contribution >= 4 is 17.0 Å². The number of nitrogens with zero attached hydrogens (tertiary/aromatic N) is 1. The topological polar surface area (TPSA) is 3.24 Å². The molecule has 0 radical (unpaired) electrons. The van der Waals surface area contributed by atoms with Crippen molar-refractivity contribution in [2.45, 2.75) is 33.2 Å². The number of hydrogen-bond donors (Lipinski definition) is 0. The molecule has 1 aromatic carbocycles. The zero-order valence-electron chi connectivity index (χ0n) is 11.9. The minimum Gasteiger partial charge on any atom is -0.363 e. The first-order valence-corrected chi connectivity index (χ1v) is 7.88. The molecule has 100 valence electrons. The molecule has 0 amide bonds. The van der Waals surface area contributed by atoms with Gasteiger partial charge in [-0.1, -0.05) is 45.0 Å². The third kappa shape index (κ3) is 2.30. The SMILES string of the molecule is CC(C)(C)C1c2ccccc2CCN1c1ccsc1. The Bertz CT molecular complexity index is 551. The van der Waals surface area contributed by atoms with Crippen molar-refractivity contribution in [2.24, 2.45) is 5.41 Å². The van der Waals surface area contributed by atoms with Crippen molar-refractivity contribution in [3.05, 3.63) is 52.2 Å². The Labute approximate surface area is 119 Å². The highest BCUT2D eigenvalue weighted by molar-refractivity contribution is 7.08. The predicted molar refractivity (Wildman–Crippen MR) is 84.0 cm³/mol. The van der Waals surface area contributed by atoms with E-state index in [1.165, 1.54) is 16.8 Å². The van der Waals surface area contributed by atoms with E-state index in [2.05, 4.69) is 66.8 Å². The van der Waals surface area contributed by atoms with Crippen LogP contribution in [0.1, 0.15) is 37.9 Å². The van der Waals surface area contributed by atoms with Crippen LogP contribution in [0, 0.1) is 5.41 Å². The molecule has 2 aromatic rings. The Morgan fingerprint density at radius 2 is 1.95 bits per heavy atom. The van der Waals surface area contributed by atoms with Crippen molar-refractivity contribution in [3.63, 3.8) is 0 Å². The Morgan fingerprint density at radius 1 is 1.16 bits per heavy atom. The normalized spacial score (nSPS) is 19.3. The summed E-state index contributed by atoms with van der Waals surface area (Å²) < 4.78 is 0. The summed E-state index contributed by atoms with van der Waals surface area (Å²) in [5, 5.41) is 4.45. The lowest BCUT2D eigenvalue weighted by atomic mass is 9.77. The summed E-state index contributed by atoms with van der Waals surface area (Å²) in [6.45, 7) is 8.16. The van der Waals surface area contributed by atoms with Crippen LogP contribution in [0.4, 0.5) is 5.69 Å². The Hall–Kier alpha value is -1.28. The molecule has 1 aromatic heterocycles. The van der Waals surface area contributed by atoms with Crippen molar-refractivity contribution in [1.82, 2.24) is 0 Å². The molecule has 3 rings (SSSR count). The van der Waals surface area contributed by atoms with E-state index in [1.54, 1.807) is 11.3 Å². The van der Waals surface area contributed by atoms with Crippen LogP contribution in [0.25, 0.3) is 0 Å². The van der Waals surface area contributed by atoms with Crippen LogP contribution in [-0.2, 0) is 6.42 Å². The second-order valence-corrected chi connectivity index (χ2v) is 7.17. The quantitative estimate of drug-likeness (QED) is 0.713. The number of rotatable bonds is 1. The number of fused-ring (bicyclic) bond motifs is 1. The summed E-state index contributed by atoms with van der Waals surface area (Å²) in [6.07, 6.45) is 1.15. The fourth-order valence-electron chi connectivity index (χ4n) is 3.20. The molecule has 2 heteroatoms. The van der Waals surface area contributed by atoms with Gasteiger partial charge >= 0.3 is 0 Å². The third-order valence-corrected chi connectivity index (χ3v) is 4.61. The molecule has 0 saturated heterocycles. The van der Waals surface area contributed by atoms with Gasteiger partial charge in [-0.05, 0) is 34.4 Å². The second-order valence-electron chi connectivity index (χ2n) is 6.39. The molecule has 2 heterocycles. The van der Waals surface area contributed by atoms with Gasteiger partial charge in [-0.15, -0.1) is 0 Å². The van der Waals surface area contributed by atoms with Crippen molar-refractivity contribution in [3.8, 4) is 0 Å². The van der Waals surface area contributed by atoms with E-state index in [0.717, 1.165) is 13.0 Å². The van der Waals surface area contributed by atoms with Crippen LogP contribution in [0.15, 0.2) is 41.1 Å². The highest BCUT2D eigenvalue weighted by atomic mass is 32.1. The molecule has 1 aliphatic rings. The van der Waals surface area contributed by atoms with E-state index < -0.39 is 0 Å². The van der Waals surface area contributed by atoms with E-state index in [9.17, 15) is 0 Å². The molecule has 0 saturated carbocycles. The number of anilines is 1. The number of benzene rings is 1. The standard InChI is InChI=1S/C17H21NS/c1-17(2,3)16-15-7-5-4-6-13(15)8-10-18(16)14-9-11-19-12-14/h4-7,9,11-12,16H,8,10H2,1-3H3. The summed E-state index contributed by atoms with van der Waals surface area (Å²) in [5.74, 6) is 0. The van der Waals surface area contributed by atoms with E-state index >= 15 is 0 Å². The molecule has 19 heavy (non-hydrogen) atoms. The lowest BCUT2D eigenvalue weighted by Gasteiger charge is -2.45. The largest absolute Gasteiger partial charge is 0.363 e. The first-order chi connectivity index (χ1) is 9.07. The lowest BCUT2D eigenvalue weighted by Crippen LogP contribution is -2.41.